The smallest absolute Gasteiger partial charge is 0.212 e. The van der Waals surface area contributed by atoms with E-state index in [9.17, 15) is 17.2 Å². The first kappa shape index (κ1) is 15.4. The summed E-state index contributed by atoms with van der Waals surface area (Å²) in [7, 11) is -3.45. The Morgan fingerprint density at radius 2 is 1.85 bits per heavy atom. The molecule has 1 N–H and O–H groups in total. The summed E-state index contributed by atoms with van der Waals surface area (Å²) < 4.78 is 53.7. The van der Waals surface area contributed by atoms with Crippen LogP contribution >= 0.6 is 0 Å². The van der Waals surface area contributed by atoms with Crippen molar-refractivity contribution in [1.29, 1.82) is 0 Å². The molecule has 3 nitrogen and oxygen atoms in total. The van der Waals surface area contributed by atoms with Gasteiger partial charge < -0.3 is 0 Å². The van der Waals surface area contributed by atoms with Gasteiger partial charge in [-0.2, -0.15) is 0 Å². The molecule has 0 heterocycles. The van der Waals surface area contributed by atoms with Crippen LogP contribution in [0.1, 0.15) is 45.2 Å². The van der Waals surface area contributed by atoms with Gasteiger partial charge in [0.05, 0.1) is 11.3 Å². The molecule has 1 aliphatic carbocycles. The first-order valence-electron chi connectivity index (χ1n) is 6.57. The van der Waals surface area contributed by atoms with Crippen LogP contribution in [0.3, 0.4) is 0 Å². The van der Waals surface area contributed by atoms with Crippen LogP contribution in [0.15, 0.2) is 18.2 Å². The lowest BCUT2D eigenvalue weighted by atomic mass is 9.83. The fraction of sp³-hybridized carbons (Fsp3) is 0.571. The zero-order valence-electron chi connectivity index (χ0n) is 11.8. The highest BCUT2D eigenvalue weighted by Gasteiger charge is 2.40. The average molecular weight is 303 g/mol. The fourth-order valence-electron chi connectivity index (χ4n) is 2.08. The summed E-state index contributed by atoms with van der Waals surface area (Å²) in [6.45, 7) is 5.45. The van der Waals surface area contributed by atoms with E-state index in [1.54, 1.807) is 0 Å². The zero-order valence-corrected chi connectivity index (χ0v) is 12.6. The van der Waals surface area contributed by atoms with Crippen LogP contribution in [0.2, 0.25) is 0 Å². The Morgan fingerprint density at radius 3 is 2.30 bits per heavy atom. The van der Waals surface area contributed by atoms with Crippen molar-refractivity contribution < 1.29 is 17.2 Å². The standard InChI is InChI=1S/C14H19F2NO2S/c1-14(2,3)13(17-20(18,19)10-5-6-10)11-7-4-9(15)8-12(11)16/h4,7-8,10,13,17H,5-6H2,1-3H3/t13-/m1/s1. The minimum absolute atomic E-state index is 0.170. The predicted molar refractivity (Wildman–Crippen MR) is 73.6 cm³/mol. The van der Waals surface area contributed by atoms with E-state index in [1.165, 1.54) is 6.07 Å². The minimum atomic E-state index is -3.45. The third-order valence-electron chi connectivity index (χ3n) is 3.38. The third-order valence-corrected chi connectivity index (χ3v) is 5.30. The molecule has 0 amide bonds. The lowest BCUT2D eigenvalue weighted by molar-refractivity contribution is 0.296. The molecule has 6 heteroatoms. The number of sulfonamides is 1. The van der Waals surface area contributed by atoms with Gasteiger partial charge in [-0.1, -0.05) is 26.8 Å². The number of rotatable bonds is 4. The average Bonchev–Trinajstić information content (AvgIpc) is 3.09. The third kappa shape index (κ3) is 3.35. The van der Waals surface area contributed by atoms with Gasteiger partial charge in [0, 0.05) is 11.6 Å². The van der Waals surface area contributed by atoms with Crippen molar-refractivity contribution in [3.63, 3.8) is 0 Å². The Hall–Kier alpha value is -1.01. The number of nitrogens with one attached hydrogen (secondary N) is 1. The maximum atomic E-state index is 13.9. The summed E-state index contributed by atoms with van der Waals surface area (Å²) in [5.74, 6) is -1.41. The van der Waals surface area contributed by atoms with Crippen molar-refractivity contribution in [3.8, 4) is 0 Å². The van der Waals surface area contributed by atoms with Crippen LogP contribution in [0.4, 0.5) is 8.78 Å². The van der Waals surface area contributed by atoms with Crippen LogP contribution in [0.5, 0.6) is 0 Å². The highest BCUT2D eigenvalue weighted by Crippen LogP contribution is 2.37. The molecular weight excluding hydrogens is 284 g/mol. The minimum Gasteiger partial charge on any atom is -0.212 e. The Morgan fingerprint density at radius 1 is 1.25 bits per heavy atom. The van der Waals surface area contributed by atoms with Gasteiger partial charge in [-0.05, 0) is 24.3 Å². The van der Waals surface area contributed by atoms with Crippen LogP contribution < -0.4 is 4.72 Å². The number of hydrogen-bond acceptors (Lipinski definition) is 2. The molecule has 1 aromatic carbocycles. The molecule has 0 spiro atoms. The van der Waals surface area contributed by atoms with Gasteiger partial charge in [0.1, 0.15) is 11.6 Å². The fourth-order valence-corrected chi connectivity index (χ4v) is 3.84. The quantitative estimate of drug-likeness (QED) is 0.929. The van der Waals surface area contributed by atoms with Crippen molar-refractivity contribution in [2.75, 3.05) is 0 Å². The molecule has 0 aromatic heterocycles. The van der Waals surface area contributed by atoms with Crippen molar-refractivity contribution >= 4 is 10.0 Å². The molecule has 20 heavy (non-hydrogen) atoms. The Labute approximate surface area is 118 Å². The molecule has 0 bridgehead atoms. The van der Waals surface area contributed by atoms with Crippen molar-refractivity contribution in [2.45, 2.75) is 44.9 Å². The molecule has 2 rings (SSSR count). The zero-order chi connectivity index (χ0) is 15.1. The molecule has 0 saturated heterocycles. The second-order valence-electron chi connectivity index (χ2n) is 6.33. The molecule has 0 radical (unpaired) electrons. The predicted octanol–water partition coefficient (Wildman–Crippen LogP) is 3.13. The van der Waals surface area contributed by atoms with Crippen LogP contribution in [-0.2, 0) is 10.0 Å². The molecule has 0 unspecified atom stereocenters. The van der Waals surface area contributed by atoms with Gasteiger partial charge in [-0.15, -0.1) is 0 Å². The van der Waals surface area contributed by atoms with Gasteiger partial charge in [-0.3, -0.25) is 0 Å². The maximum absolute atomic E-state index is 13.9. The number of benzene rings is 1. The van der Waals surface area contributed by atoms with Crippen LogP contribution in [-0.4, -0.2) is 13.7 Å². The molecule has 1 atom stereocenters. The van der Waals surface area contributed by atoms with E-state index in [0.29, 0.717) is 12.8 Å². The maximum Gasteiger partial charge on any atom is 0.215 e. The first-order chi connectivity index (χ1) is 9.11. The van der Waals surface area contributed by atoms with Crippen molar-refractivity contribution in [3.05, 3.63) is 35.4 Å². The van der Waals surface area contributed by atoms with Gasteiger partial charge in [0.25, 0.3) is 0 Å². The second-order valence-corrected chi connectivity index (χ2v) is 8.32. The van der Waals surface area contributed by atoms with Crippen molar-refractivity contribution in [1.82, 2.24) is 4.72 Å². The second kappa shape index (κ2) is 5.07. The van der Waals surface area contributed by atoms with E-state index in [2.05, 4.69) is 4.72 Å². The van der Waals surface area contributed by atoms with Crippen LogP contribution in [0, 0.1) is 17.0 Å². The van der Waals surface area contributed by atoms with Gasteiger partial charge >= 0.3 is 0 Å². The summed E-state index contributed by atoms with van der Waals surface area (Å²) in [5.41, 5.74) is -0.358. The highest BCUT2D eigenvalue weighted by molar-refractivity contribution is 7.90. The molecular formula is C14H19F2NO2S. The van der Waals surface area contributed by atoms with Crippen LogP contribution in [0.25, 0.3) is 0 Å². The summed E-state index contributed by atoms with van der Waals surface area (Å²) in [6.07, 6.45) is 1.27. The lowest BCUT2D eigenvalue weighted by Gasteiger charge is -2.32. The molecule has 1 aromatic rings. The lowest BCUT2D eigenvalue weighted by Crippen LogP contribution is -2.38. The van der Waals surface area contributed by atoms with E-state index in [4.69, 9.17) is 0 Å². The summed E-state index contributed by atoms with van der Waals surface area (Å²) in [4.78, 5) is 0. The highest BCUT2D eigenvalue weighted by atomic mass is 32.2. The largest absolute Gasteiger partial charge is 0.215 e. The van der Waals surface area contributed by atoms with Gasteiger partial charge in [0.15, 0.2) is 0 Å². The SMILES string of the molecule is CC(C)(C)[C@H](NS(=O)(=O)C1CC1)c1ccc(F)cc1F. The number of halogens is 2. The van der Waals surface area contributed by atoms with Gasteiger partial charge in [-0.25, -0.2) is 21.9 Å². The van der Waals surface area contributed by atoms with E-state index < -0.39 is 33.1 Å². The number of hydrogen-bond donors (Lipinski definition) is 1. The van der Waals surface area contributed by atoms with E-state index in [1.807, 2.05) is 20.8 Å². The summed E-state index contributed by atoms with van der Waals surface area (Å²) >= 11 is 0. The Kier molecular flexibility index (Phi) is 3.90. The van der Waals surface area contributed by atoms with E-state index >= 15 is 0 Å². The Balaban J connectivity index is 2.38. The summed E-state index contributed by atoms with van der Waals surface area (Å²) in [6, 6.07) is 2.49. The molecule has 1 fully saturated rings. The first-order valence-corrected chi connectivity index (χ1v) is 8.12. The van der Waals surface area contributed by atoms with Crippen molar-refractivity contribution in [2.24, 2.45) is 5.41 Å². The van der Waals surface area contributed by atoms with E-state index in [-0.39, 0.29) is 10.8 Å². The Bertz CT molecular complexity index is 604. The van der Waals surface area contributed by atoms with E-state index in [0.717, 1.165) is 12.1 Å². The topological polar surface area (TPSA) is 46.2 Å². The molecule has 1 aliphatic rings. The normalized spacial score (nSPS) is 18.1. The molecule has 1 saturated carbocycles. The van der Waals surface area contributed by atoms with Gasteiger partial charge in [0.2, 0.25) is 10.0 Å². The monoisotopic (exact) mass is 303 g/mol. The molecule has 112 valence electrons. The molecule has 0 aliphatic heterocycles. The summed E-state index contributed by atoms with van der Waals surface area (Å²) in [5, 5.41) is -0.379.